The second-order valence-electron chi connectivity index (χ2n) is 5.77. The Hall–Kier alpha value is -1.86. The molecule has 1 aliphatic heterocycles. The van der Waals surface area contributed by atoms with Gasteiger partial charge in [0.25, 0.3) is 0 Å². The Kier molecular flexibility index (Phi) is 3.70. The Labute approximate surface area is 121 Å². The minimum absolute atomic E-state index is 0.297. The van der Waals surface area contributed by atoms with Crippen LogP contribution >= 0.6 is 0 Å². The number of hydrogen-bond acceptors (Lipinski definition) is 1. The van der Waals surface area contributed by atoms with Gasteiger partial charge in [0.1, 0.15) is 0 Å². The number of nitrogens with one attached hydrogen (secondary N) is 1. The second-order valence-corrected chi connectivity index (χ2v) is 5.77. The van der Waals surface area contributed by atoms with Crippen LogP contribution in [0.3, 0.4) is 0 Å². The first-order chi connectivity index (χ1) is 9.74. The van der Waals surface area contributed by atoms with Gasteiger partial charge in [-0.15, -0.1) is 6.58 Å². The lowest BCUT2D eigenvalue weighted by atomic mass is 9.85. The summed E-state index contributed by atoms with van der Waals surface area (Å²) in [6, 6.07) is 20.3. The number of hydrogen-bond donors (Lipinski definition) is 1. The largest absolute Gasteiger partial charge is 0.303 e. The van der Waals surface area contributed by atoms with E-state index in [1.54, 1.807) is 0 Å². The molecule has 1 nitrogen and oxygen atoms in total. The minimum Gasteiger partial charge on any atom is -0.303 e. The molecular formula is C19H21N. The van der Waals surface area contributed by atoms with Gasteiger partial charge in [0, 0.05) is 6.04 Å². The van der Waals surface area contributed by atoms with E-state index >= 15 is 0 Å². The summed E-state index contributed by atoms with van der Waals surface area (Å²) >= 11 is 0. The Balaban J connectivity index is 1.97. The molecule has 102 valence electrons. The van der Waals surface area contributed by atoms with Gasteiger partial charge in [0.05, 0.1) is 6.04 Å². The molecule has 20 heavy (non-hydrogen) atoms. The van der Waals surface area contributed by atoms with Crippen LogP contribution in [0.4, 0.5) is 0 Å². The molecule has 2 aromatic carbocycles. The second kappa shape index (κ2) is 5.64. The van der Waals surface area contributed by atoms with Crippen molar-refractivity contribution in [1.82, 2.24) is 5.32 Å². The molecule has 0 bridgehead atoms. The molecule has 0 amide bonds. The summed E-state index contributed by atoms with van der Waals surface area (Å²) in [5.41, 5.74) is 5.46. The number of benzene rings is 2. The maximum atomic E-state index is 4.06. The predicted octanol–water partition coefficient (Wildman–Crippen LogP) is 4.26. The quantitative estimate of drug-likeness (QED) is 0.816. The van der Waals surface area contributed by atoms with E-state index in [1.165, 1.54) is 22.3 Å². The predicted molar refractivity (Wildman–Crippen MR) is 84.8 cm³/mol. The molecule has 0 saturated carbocycles. The van der Waals surface area contributed by atoms with Crippen LogP contribution in [-0.2, 0) is 6.42 Å². The number of rotatable bonds is 3. The van der Waals surface area contributed by atoms with Gasteiger partial charge in [-0.25, -0.2) is 0 Å². The maximum absolute atomic E-state index is 4.06. The average molecular weight is 263 g/mol. The fourth-order valence-electron chi connectivity index (χ4n) is 3.12. The molecule has 0 aromatic heterocycles. The molecule has 3 rings (SSSR count). The molecule has 0 spiro atoms. The van der Waals surface area contributed by atoms with E-state index in [9.17, 15) is 0 Å². The first kappa shape index (κ1) is 13.1. The van der Waals surface area contributed by atoms with E-state index in [0.717, 1.165) is 12.8 Å². The number of fused-ring (bicyclic) bond motifs is 1. The fraction of sp³-hybridized carbons (Fsp3) is 0.263. The van der Waals surface area contributed by atoms with Crippen molar-refractivity contribution in [2.45, 2.75) is 31.8 Å². The molecule has 0 saturated heterocycles. The standard InChI is InChI=1S/C19H21N/c1-14(2)12-17-13-16-10-6-7-11-18(16)19(20-17)15-8-4-3-5-9-15/h3-11,17,19-20H,1,12-13H2,2H3. The van der Waals surface area contributed by atoms with Crippen molar-refractivity contribution in [3.8, 4) is 0 Å². The zero-order valence-electron chi connectivity index (χ0n) is 12.0. The van der Waals surface area contributed by atoms with Crippen molar-refractivity contribution in [2.24, 2.45) is 0 Å². The van der Waals surface area contributed by atoms with Crippen molar-refractivity contribution < 1.29 is 0 Å². The van der Waals surface area contributed by atoms with Crippen LogP contribution < -0.4 is 5.32 Å². The lowest BCUT2D eigenvalue weighted by Gasteiger charge is -2.34. The van der Waals surface area contributed by atoms with Crippen molar-refractivity contribution in [1.29, 1.82) is 0 Å². The van der Waals surface area contributed by atoms with Gasteiger partial charge in [-0.3, -0.25) is 0 Å². The van der Waals surface area contributed by atoms with Crippen molar-refractivity contribution in [3.05, 3.63) is 83.4 Å². The van der Waals surface area contributed by atoms with Crippen molar-refractivity contribution >= 4 is 0 Å². The van der Waals surface area contributed by atoms with Gasteiger partial charge in [0.2, 0.25) is 0 Å². The van der Waals surface area contributed by atoms with Crippen LogP contribution in [0.5, 0.6) is 0 Å². The van der Waals surface area contributed by atoms with Crippen LogP contribution in [0.2, 0.25) is 0 Å². The highest BCUT2D eigenvalue weighted by Crippen LogP contribution is 2.31. The molecule has 2 unspecified atom stereocenters. The zero-order valence-corrected chi connectivity index (χ0v) is 12.0. The first-order valence-corrected chi connectivity index (χ1v) is 7.27. The molecule has 0 fully saturated rings. The van der Waals surface area contributed by atoms with Gasteiger partial charge in [-0.2, -0.15) is 0 Å². The van der Waals surface area contributed by atoms with Crippen LogP contribution in [0, 0.1) is 0 Å². The van der Waals surface area contributed by atoms with Crippen LogP contribution in [0.25, 0.3) is 0 Å². The average Bonchev–Trinajstić information content (AvgIpc) is 2.47. The lowest BCUT2D eigenvalue weighted by molar-refractivity contribution is 0.434. The first-order valence-electron chi connectivity index (χ1n) is 7.27. The van der Waals surface area contributed by atoms with Gasteiger partial charge in [-0.1, -0.05) is 60.2 Å². The van der Waals surface area contributed by atoms with Crippen molar-refractivity contribution in [2.75, 3.05) is 0 Å². The summed E-state index contributed by atoms with van der Waals surface area (Å²) in [6.45, 7) is 6.17. The molecule has 0 radical (unpaired) electrons. The van der Waals surface area contributed by atoms with Gasteiger partial charge >= 0.3 is 0 Å². The molecule has 1 N–H and O–H groups in total. The molecule has 1 heterocycles. The Bertz CT molecular complexity index is 600. The highest BCUT2D eigenvalue weighted by molar-refractivity contribution is 5.40. The molecule has 2 aromatic rings. The summed E-state index contributed by atoms with van der Waals surface area (Å²) in [4.78, 5) is 0. The van der Waals surface area contributed by atoms with Gasteiger partial charge in [-0.05, 0) is 36.5 Å². The molecule has 1 heteroatoms. The third-order valence-electron chi connectivity index (χ3n) is 3.96. The van der Waals surface area contributed by atoms with E-state index in [0.29, 0.717) is 12.1 Å². The highest BCUT2D eigenvalue weighted by Gasteiger charge is 2.26. The summed E-state index contributed by atoms with van der Waals surface area (Å²) in [6.07, 6.45) is 2.13. The SMILES string of the molecule is C=C(C)CC1Cc2ccccc2C(c2ccccc2)N1. The summed E-state index contributed by atoms with van der Waals surface area (Å²) < 4.78 is 0. The minimum atomic E-state index is 0.297. The Morgan fingerprint density at radius 3 is 2.55 bits per heavy atom. The van der Waals surface area contributed by atoms with Crippen LogP contribution in [0.1, 0.15) is 36.1 Å². The van der Waals surface area contributed by atoms with Crippen LogP contribution in [0.15, 0.2) is 66.7 Å². The van der Waals surface area contributed by atoms with E-state index < -0.39 is 0 Å². The van der Waals surface area contributed by atoms with E-state index in [-0.39, 0.29) is 0 Å². The summed E-state index contributed by atoms with van der Waals surface area (Å²) in [5.74, 6) is 0. The monoisotopic (exact) mass is 263 g/mol. The van der Waals surface area contributed by atoms with Gasteiger partial charge < -0.3 is 5.32 Å². The molecule has 0 aliphatic carbocycles. The molecule has 1 aliphatic rings. The highest BCUT2D eigenvalue weighted by atomic mass is 15.0. The fourth-order valence-corrected chi connectivity index (χ4v) is 3.12. The van der Waals surface area contributed by atoms with E-state index in [2.05, 4.69) is 73.4 Å². The molecular weight excluding hydrogens is 242 g/mol. The Morgan fingerprint density at radius 2 is 1.80 bits per heavy atom. The van der Waals surface area contributed by atoms with Crippen LogP contribution in [-0.4, -0.2) is 6.04 Å². The van der Waals surface area contributed by atoms with Gasteiger partial charge in [0.15, 0.2) is 0 Å². The van der Waals surface area contributed by atoms with E-state index in [1.807, 2.05) is 0 Å². The lowest BCUT2D eigenvalue weighted by Crippen LogP contribution is -2.40. The zero-order chi connectivity index (χ0) is 13.9. The van der Waals surface area contributed by atoms with E-state index in [4.69, 9.17) is 0 Å². The summed E-state index contributed by atoms with van der Waals surface area (Å²) in [5, 5.41) is 3.80. The Morgan fingerprint density at radius 1 is 1.10 bits per heavy atom. The topological polar surface area (TPSA) is 12.0 Å². The molecule has 2 atom stereocenters. The third kappa shape index (κ3) is 2.68. The maximum Gasteiger partial charge on any atom is 0.0581 e. The van der Waals surface area contributed by atoms with Crippen molar-refractivity contribution in [3.63, 3.8) is 0 Å². The third-order valence-corrected chi connectivity index (χ3v) is 3.96. The normalized spacial score (nSPS) is 21.2. The summed E-state index contributed by atoms with van der Waals surface area (Å²) in [7, 11) is 0. The smallest absolute Gasteiger partial charge is 0.0581 e.